The number of hydrogen-bond acceptors (Lipinski definition) is 5. The summed E-state index contributed by atoms with van der Waals surface area (Å²) in [5.74, 6) is -1.27. The lowest BCUT2D eigenvalue weighted by Crippen LogP contribution is -2.41. The number of aliphatic carboxylic acids is 1. The fourth-order valence-electron chi connectivity index (χ4n) is 4.03. The van der Waals surface area contributed by atoms with Gasteiger partial charge in [-0.2, -0.15) is 0 Å². The molecule has 7 nitrogen and oxygen atoms in total. The third-order valence-electron chi connectivity index (χ3n) is 5.52. The zero-order valence-electron chi connectivity index (χ0n) is 17.3. The quantitative estimate of drug-likeness (QED) is 0.592. The Hall–Kier alpha value is -3.61. The highest BCUT2D eigenvalue weighted by molar-refractivity contribution is 5.90. The van der Waals surface area contributed by atoms with Crippen LogP contribution in [0.25, 0.3) is 11.0 Å². The van der Waals surface area contributed by atoms with E-state index < -0.39 is 24.0 Å². The number of amides is 1. The van der Waals surface area contributed by atoms with Crippen molar-refractivity contribution in [2.24, 2.45) is 0 Å². The summed E-state index contributed by atoms with van der Waals surface area (Å²) >= 11 is 0. The molecular formula is C24H23NO6. The van der Waals surface area contributed by atoms with Gasteiger partial charge >= 0.3 is 11.6 Å². The molecule has 0 aliphatic heterocycles. The van der Waals surface area contributed by atoms with E-state index in [2.05, 4.69) is 5.32 Å². The summed E-state index contributed by atoms with van der Waals surface area (Å²) in [5.41, 5.74) is 2.96. The SMILES string of the molecule is Cc1cc(O[C@H](C)C(=O)N[C@H](C(=O)O)c2ccccc2)c2c3c(c(=O)oc2c1)CCC3. The van der Waals surface area contributed by atoms with Gasteiger partial charge in [-0.25, -0.2) is 9.59 Å². The molecule has 1 aromatic heterocycles. The van der Waals surface area contributed by atoms with E-state index in [1.165, 1.54) is 0 Å². The number of aryl methyl sites for hydroxylation is 2. The maximum atomic E-state index is 12.8. The molecule has 0 bridgehead atoms. The highest BCUT2D eigenvalue weighted by Crippen LogP contribution is 2.35. The van der Waals surface area contributed by atoms with Crippen LogP contribution in [-0.2, 0) is 22.4 Å². The molecule has 0 radical (unpaired) electrons. The smallest absolute Gasteiger partial charge is 0.339 e. The molecule has 2 atom stereocenters. The van der Waals surface area contributed by atoms with E-state index in [0.717, 1.165) is 24.0 Å². The molecule has 4 rings (SSSR count). The summed E-state index contributed by atoms with van der Waals surface area (Å²) in [6, 6.07) is 10.9. The first-order valence-electron chi connectivity index (χ1n) is 10.2. The van der Waals surface area contributed by atoms with E-state index in [4.69, 9.17) is 9.15 Å². The van der Waals surface area contributed by atoms with Gasteiger partial charge in [0.25, 0.3) is 5.91 Å². The van der Waals surface area contributed by atoms with Crippen LogP contribution in [0.4, 0.5) is 0 Å². The van der Waals surface area contributed by atoms with Crippen LogP contribution in [0.1, 0.15) is 41.6 Å². The van der Waals surface area contributed by atoms with Gasteiger partial charge in [0.1, 0.15) is 11.3 Å². The van der Waals surface area contributed by atoms with Gasteiger partial charge < -0.3 is 19.6 Å². The van der Waals surface area contributed by atoms with E-state index in [1.807, 2.05) is 6.92 Å². The van der Waals surface area contributed by atoms with Crippen molar-refractivity contribution in [3.8, 4) is 5.75 Å². The van der Waals surface area contributed by atoms with Crippen LogP contribution in [0.2, 0.25) is 0 Å². The lowest BCUT2D eigenvalue weighted by Gasteiger charge is -2.20. The Morgan fingerprint density at radius 2 is 1.84 bits per heavy atom. The second kappa shape index (κ2) is 8.26. The van der Waals surface area contributed by atoms with Gasteiger partial charge in [0.15, 0.2) is 12.1 Å². The topological polar surface area (TPSA) is 106 Å². The highest BCUT2D eigenvalue weighted by Gasteiger charge is 2.27. The van der Waals surface area contributed by atoms with E-state index in [1.54, 1.807) is 49.4 Å². The summed E-state index contributed by atoms with van der Waals surface area (Å²) in [7, 11) is 0. The minimum Gasteiger partial charge on any atom is -0.480 e. The van der Waals surface area contributed by atoms with Crippen molar-refractivity contribution in [1.82, 2.24) is 5.32 Å². The molecule has 0 saturated heterocycles. The molecule has 0 fully saturated rings. The van der Waals surface area contributed by atoms with Crippen LogP contribution in [-0.4, -0.2) is 23.1 Å². The van der Waals surface area contributed by atoms with E-state index in [0.29, 0.717) is 34.3 Å². The van der Waals surface area contributed by atoms with Gasteiger partial charge in [-0.05, 0) is 61.9 Å². The average molecular weight is 421 g/mol. The van der Waals surface area contributed by atoms with Crippen molar-refractivity contribution in [3.63, 3.8) is 0 Å². The fourth-order valence-corrected chi connectivity index (χ4v) is 4.03. The highest BCUT2D eigenvalue weighted by atomic mass is 16.5. The summed E-state index contributed by atoms with van der Waals surface area (Å²) in [4.78, 5) is 36.7. The van der Waals surface area contributed by atoms with Crippen LogP contribution in [0, 0.1) is 6.92 Å². The second-order valence-electron chi connectivity index (χ2n) is 7.79. The maximum Gasteiger partial charge on any atom is 0.339 e. The minimum atomic E-state index is -1.18. The lowest BCUT2D eigenvalue weighted by atomic mass is 10.0. The van der Waals surface area contributed by atoms with Gasteiger partial charge in [0.05, 0.1) is 5.39 Å². The van der Waals surface area contributed by atoms with Crippen molar-refractivity contribution in [1.29, 1.82) is 0 Å². The third-order valence-corrected chi connectivity index (χ3v) is 5.52. The van der Waals surface area contributed by atoms with Crippen LogP contribution in [0.3, 0.4) is 0 Å². The number of fused-ring (bicyclic) bond motifs is 3. The summed E-state index contributed by atoms with van der Waals surface area (Å²) in [6.07, 6.45) is 1.31. The van der Waals surface area contributed by atoms with Crippen molar-refractivity contribution in [2.75, 3.05) is 0 Å². The summed E-state index contributed by atoms with van der Waals surface area (Å²) < 4.78 is 11.5. The Morgan fingerprint density at radius 1 is 1.13 bits per heavy atom. The van der Waals surface area contributed by atoms with Gasteiger partial charge in [-0.1, -0.05) is 30.3 Å². The van der Waals surface area contributed by atoms with Crippen LogP contribution in [0.5, 0.6) is 5.75 Å². The predicted molar refractivity (Wildman–Crippen MR) is 114 cm³/mol. The standard InChI is InChI=1S/C24H23NO6/c1-13-11-18(20-16-9-6-10-17(16)24(29)31-19(20)12-13)30-14(2)22(26)25-21(23(27)28)15-7-4-3-5-8-15/h3-5,7-8,11-12,14,21H,6,9-10H2,1-2H3,(H,25,26)(H,27,28)/t14-,21+/m1/s1. The number of carboxylic acids is 1. The Balaban J connectivity index is 1.63. The average Bonchev–Trinajstić information content (AvgIpc) is 3.22. The van der Waals surface area contributed by atoms with Crippen LogP contribution >= 0.6 is 0 Å². The van der Waals surface area contributed by atoms with Crippen molar-refractivity contribution in [3.05, 3.63) is 75.1 Å². The number of nitrogens with one attached hydrogen (secondary N) is 1. The van der Waals surface area contributed by atoms with Crippen molar-refractivity contribution >= 4 is 22.8 Å². The van der Waals surface area contributed by atoms with Gasteiger partial charge in [-0.3, -0.25) is 4.79 Å². The molecule has 1 amide bonds. The number of ether oxygens (including phenoxy) is 1. The molecule has 7 heteroatoms. The summed E-state index contributed by atoms with van der Waals surface area (Å²) in [6.45, 7) is 3.41. The molecule has 3 aromatic rings. The minimum absolute atomic E-state index is 0.325. The Bertz CT molecular complexity index is 1210. The maximum absolute atomic E-state index is 12.8. The normalized spacial score (nSPS) is 14.6. The number of benzene rings is 2. The molecule has 2 aromatic carbocycles. The van der Waals surface area contributed by atoms with Crippen molar-refractivity contribution in [2.45, 2.75) is 45.3 Å². The van der Waals surface area contributed by atoms with Gasteiger partial charge in [-0.15, -0.1) is 0 Å². The molecule has 1 aliphatic rings. The van der Waals surface area contributed by atoms with E-state index >= 15 is 0 Å². The second-order valence-corrected chi connectivity index (χ2v) is 7.79. The Kier molecular flexibility index (Phi) is 5.50. The number of carboxylic acid groups (broad SMARTS) is 1. The number of carbonyl (C=O) groups excluding carboxylic acids is 1. The van der Waals surface area contributed by atoms with Gasteiger partial charge in [0.2, 0.25) is 0 Å². The van der Waals surface area contributed by atoms with Crippen molar-refractivity contribution < 1.29 is 23.8 Å². The first-order valence-corrected chi connectivity index (χ1v) is 10.2. The fraction of sp³-hybridized carbons (Fsp3) is 0.292. The first kappa shape index (κ1) is 20.7. The molecule has 2 N–H and O–H groups in total. The summed E-state index contributed by atoms with van der Waals surface area (Å²) in [5, 5.41) is 12.8. The molecule has 1 aliphatic carbocycles. The molecular weight excluding hydrogens is 398 g/mol. The predicted octanol–water partition coefficient (Wildman–Crippen LogP) is 3.30. The molecule has 31 heavy (non-hydrogen) atoms. The Morgan fingerprint density at radius 3 is 2.55 bits per heavy atom. The molecule has 0 saturated carbocycles. The third kappa shape index (κ3) is 4.03. The molecule has 0 spiro atoms. The lowest BCUT2D eigenvalue weighted by molar-refractivity contribution is -0.143. The van der Waals surface area contributed by atoms with Gasteiger partial charge in [0, 0.05) is 5.56 Å². The number of carbonyl (C=O) groups is 2. The van der Waals surface area contributed by atoms with E-state index in [9.17, 15) is 19.5 Å². The number of hydrogen-bond donors (Lipinski definition) is 2. The zero-order valence-corrected chi connectivity index (χ0v) is 17.3. The largest absolute Gasteiger partial charge is 0.480 e. The zero-order chi connectivity index (χ0) is 22.1. The Labute approximate surface area is 178 Å². The molecule has 0 unspecified atom stereocenters. The van der Waals surface area contributed by atoms with Crippen LogP contribution < -0.4 is 15.7 Å². The number of rotatable bonds is 6. The van der Waals surface area contributed by atoms with Crippen LogP contribution in [0.15, 0.2) is 51.7 Å². The molecule has 1 heterocycles. The molecule has 160 valence electrons. The van der Waals surface area contributed by atoms with E-state index in [-0.39, 0.29) is 5.63 Å². The first-order chi connectivity index (χ1) is 14.8. The monoisotopic (exact) mass is 421 g/mol.